The van der Waals surface area contributed by atoms with Gasteiger partial charge in [-0.2, -0.15) is 0 Å². The summed E-state index contributed by atoms with van der Waals surface area (Å²) in [7, 11) is -1.80. The minimum absolute atomic E-state index is 0.0358. The Labute approximate surface area is 105 Å². The number of carbonyl (C=O) groups is 1. The topological polar surface area (TPSA) is 35.5 Å². The van der Waals surface area contributed by atoms with E-state index in [0.29, 0.717) is 5.75 Å². The van der Waals surface area contributed by atoms with Crippen LogP contribution in [0.3, 0.4) is 0 Å². The molecule has 0 aliphatic rings. The van der Waals surface area contributed by atoms with Gasteiger partial charge in [-0.15, -0.1) is 0 Å². The molecule has 0 aliphatic heterocycles. The van der Waals surface area contributed by atoms with Gasteiger partial charge in [0.2, 0.25) is 8.32 Å². The summed E-state index contributed by atoms with van der Waals surface area (Å²) < 4.78 is 11.5. The van der Waals surface area contributed by atoms with Crippen LogP contribution in [0.2, 0.25) is 19.6 Å². The molecule has 0 N–H and O–H groups in total. The summed E-state index contributed by atoms with van der Waals surface area (Å²) in [6.45, 7) is 5.85. The second-order valence-electron chi connectivity index (χ2n) is 4.33. The van der Waals surface area contributed by atoms with Crippen LogP contribution in [-0.2, 0) is 9.22 Å². The number of hydrogen-bond acceptors (Lipinski definition) is 3. The molecule has 0 amide bonds. The summed E-state index contributed by atoms with van der Waals surface area (Å²) in [4.78, 5) is 11.4. The summed E-state index contributed by atoms with van der Waals surface area (Å²) in [6.07, 6.45) is 0. The third-order valence-corrected chi connectivity index (χ3v) is 2.96. The van der Waals surface area contributed by atoms with Crippen molar-refractivity contribution < 1.29 is 14.0 Å². The third-order valence-electron chi connectivity index (χ3n) is 1.59. The molecule has 1 rings (SSSR count). The van der Waals surface area contributed by atoms with Crippen LogP contribution in [0, 0.1) is 0 Å². The maximum absolute atomic E-state index is 11.4. The smallest absolute Gasteiger partial charge is 0.330 e. The lowest BCUT2D eigenvalue weighted by molar-refractivity contribution is -0.137. The molecule has 3 nitrogen and oxygen atoms in total. The second-order valence-corrected chi connectivity index (χ2v) is 9.67. The molecule has 0 aromatic heterocycles. The maximum Gasteiger partial charge on any atom is 0.330 e. The van der Waals surface area contributed by atoms with E-state index in [2.05, 4.69) is 15.9 Å². The predicted molar refractivity (Wildman–Crippen MR) is 69.1 cm³/mol. The van der Waals surface area contributed by atoms with Crippen molar-refractivity contribution in [3.8, 4) is 5.75 Å². The van der Waals surface area contributed by atoms with Crippen LogP contribution in [0.1, 0.15) is 0 Å². The first-order chi connectivity index (χ1) is 7.37. The number of carbonyl (C=O) groups excluding carboxylic acids is 1. The fourth-order valence-corrected chi connectivity index (χ4v) is 2.05. The first-order valence-corrected chi connectivity index (χ1v) is 9.17. The molecule has 5 heteroatoms. The molecule has 0 heterocycles. The molecule has 0 bridgehead atoms. The van der Waals surface area contributed by atoms with E-state index < -0.39 is 8.32 Å². The Morgan fingerprint density at radius 1 is 1.25 bits per heavy atom. The SMILES string of the molecule is C[Si](C)(C)OC(=O)COc1ccc(Br)cc1. The third kappa shape index (κ3) is 5.32. The molecule has 0 fully saturated rings. The molecule has 0 radical (unpaired) electrons. The van der Waals surface area contributed by atoms with Crippen molar-refractivity contribution in [2.24, 2.45) is 0 Å². The highest BCUT2D eigenvalue weighted by Gasteiger charge is 2.19. The first kappa shape index (κ1) is 13.3. The average Bonchev–Trinajstić information content (AvgIpc) is 2.14. The average molecular weight is 303 g/mol. The normalized spacial score (nSPS) is 11.0. The van der Waals surface area contributed by atoms with Crippen molar-refractivity contribution in [3.05, 3.63) is 28.7 Å². The molecule has 16 heavy (non-hydrogen) atoms. The molecular formula is C11H15BrO3Si. The van der Waals surface area contributed by atoms with Gasteiger partial charge in [0.25, 0.3) is 0 Å². The highest BCUT2D eigenvalue weighted by Crippen LogP contribution is 2.16. The van der Waals surface area contributed by atoms with Crippen LogP contribution in [-0.4, -0.2) is 20.9 Å². The van der Waals surface area contributed by atoms with Gasteiger partial charge in [-0.3, -0.25) is 0 Å². The Bertz CT molecular complexity index is 356. The molecule has 0 saturated heterocycles. The van der Waals surface area contributed by atoms with E-state index in [4.69, 9.17) is 9.16 Å². The van der Waals surface area contributed by atoms with Gasteiger partial charge >= 0.3 is 5.97 Å². The van der Waals surface area contributed by atoms with E-state index in [1.54, 1.807) is 12.1 Å². The summed E-state index contributed by atoms with van der Waals surface area (Å²) in [5.74, 6) is 0.359. The Morgan fingerprint density at radius 3 is 2.31 bits per heavy atom. The minimum Gasteiger partial charge on any atom is -0.517 e. The molecule has 0 saturated carbocycles. The van der Waals surface area contributed by atoms with Crippen LogP contribution in [0.25, 0.3) is 0 Å². The lowest BCUT2D eigenvalue weighted by Gasteiger charge is -2.17. The van der Waals surface area contributed by atoms with Crippen molar-refractivity contribution in [2.75, 3.05) is 6.61 Å². The fraction of sp³-hybridized carbons (Fsp3) is 0.364. The number of rotatable bonds is 4. The fourth-order valence-electron chi connectivity index (χ4n) is 1.04. The highest BCUT2D eigenvalue weighted by molar-refractivity contribution is 9.10. The minimum atomic E-state index is -1.80. The van der Waals surface area contributed by atoms with E-state index in [9.17, 15) is 4.79 Å². The van der Waals surface area contributed by atoms with Gasteiger partial charge in [-0.25, -0.2) is 4.79 Å². The van der Waals surface area contributed by atoms with Crippen molar-refractivity contribution >= 4 is 30.2 Å². The van der Waals surface area contributed by atoms with Gasteiger partial charge in [0, 0.05) is 4.47 Å². The quantitative estimate of drug-likeness (QED) is 0.801. The highest BCUT2D eigenvalue weighted by atomic mass is 79.9. The molecule has 1 aromatic carbocycles. The zero-order valence-electron chi connectivity index (χ0n) is 9.62. The Hall–Kier alpha value is -0.813. The number of hydrogen-bond donors (Lipinski definition) is 0. The molecule has 0 aliphatic carbocycles. The number of halogens is 1. The van der Waals surface area contributed by atoms with Crippen molar-refractivity contribution in [3.63, 3.8) is 0 Å². The summed E-state index contributed by atoms with van der Waals surface area (Å²) >= 11 is 3.32. The molecule has 88 valence electrons. The van der Waals surface area contributed by atoms with Crippen LogP contribution >= 0.6 is 15.9 Å². The van der Waals surface area contributed by atoms with E-state index in [-0.39, 0.29) is 12.6 Å². The monoisotopic (exact) mass is 302 g/mol. The van der Waals surface area contributed by atoms with Gasteiger partial charge in [-0.05, 0) is 43.9 Å². The van der Waals surface area contributed by atoms with Gasteiger partial charge < -0.3 is 9.16 Å². The number of benzene rings is 1. The summed E-state index contributed by atoms with van der Waals surface area (Å²) in [5, 5.41) is 0. The van der Waals surface area contributed by atoms with E-state index in [1.807, 2.05) is 31.8 Å². The molecule has 0 spiro atoms. The second kappa shape index (κ2) is 5.50. The molecule has 0 unspecified atom stereocenters. The molecule has 1 aromatic rings. The standard InChI is InChI=1S/C11H15BrO3Si/c1-16(2,3)15-11(13)8-14-10-6-4-9(12)5-7-10/h4-7H,8H2,1-3H3. The van der Waals surface area contributed by atoms with Crippen LogP contribution in [0.4, 0.5) is 0 Å². The predicted octanol–water partition coefficient (Wildman–Crippen LogP) is 3.21. The zero-order chi connectivity index (χ0) is 12.2. The largest absolute Gasteiger partial charge is 0.517 e. The number of ether oxygens (including phenoxy) is 1. The molecule has 0 atom stereocenters. The Kier molecular flexibility index (Phi) is 4.55. The zero-order valence-corrected chi connectivity index (χ0v) is 12.2. The van der Waals surface area contributed by atoms with E-state index >= 15 is 0 Å². The lowest BCUT2D eigenvalue weighted by Crippen LogP contribution is -2.31. The van der Waals surface area contributed by atoms with Gasteiger partial charge in [0.05, 0.1) is 0 Å². The van der Waals surface area contributed by atoms with E-state index in [0.717, 1.165) is 4.47 Å². The lowest BCUT2D eigenvalue weighted by atomic mass is 10.3. The summed E-state index contributed by atoms with van der Waals surface area (Å²) in [5.41, 5.74) is 0. The molecular weight excluding hydrogens is 288 g/mol. The first-order valence-electron chi connectivity index (χ1n) is 4.97. The van der Waals surface area contributed by atoms with E-state index in [1.165, 1.54) is 0 Å². The maximum atomic E-state index is 11.4. The van der Waals surface area contributed by atoms with Crippen molar-refractivity contribution in [2.45, 2.75) is 19.6 Å². The van der Waals surface area contributed by atoms with Crippen molar-refractivity contribution in [1.82, 2.24) is 0 Å². The summed E-state index contributed by atoms with van der Waals surface area (Å²) in [6, 6.07) is 7.32. The Balaban J connectivity index is 2.40. The van der Waals surface area contributed by atoms with Gasteiger partial charge in [0.15, 0.2) is 6.61 Å². The van der Waals surface area contributed by atoms with Crippen LogP contribution < -0.4 is 4.74 Å². The van der Waals surface area contributed by atoms with Crippen molar-refractivity contribution in [1.29, 1.82) is 0 Å². The van der Waals surface area contributed by atoms with Gasteiger partial charge in [-0.1, -0.05) is 15.9 Å². The van der Waals surface area contributed by atoms with Crippen LogP contribution in [0.15, 0.2) is 28.7 Å². The van der Waals surface area contributed by atoms with Crippen LogP contribution in [0.5, 0.6) is 5.75 Å². The Morgan fingerprint density at radius 2 is 1.81 bits per heavy atom. The van der Waals surface area contributed by atoms with Gasteiger partial charge in [0.1, 0.15) is 5.75 Å².